The number of aliphatic carboxylic acids is 2. The molecule has 1 heterocycles. The Hall–Kier alpha value is -3.49. The number of carboxylic acid groups (broad SMARTS) is 2. The maximum absolute atomic E-state index is 12.7. The Bertz CT molecular complexity index is 912. The van der Waals surface area contributed by atoms with Crippen LogP contribution >= 0.6 is 0 Å². The lowest BCUT2D eigenvalue weighted by Gasteiger charge is -2.16. The molecule has 9 nitrogen and oxygen atoms in total. The third kappa shape index (κ3) is 5.76. The minimum absolute atomic E-state index is 0.0155. The van der Waals surface area contributed by atoms with Crippen molar-refractivity contribution in [3.63, 3.8) is 0 Å². The van der Waals surface area contributed by atoms with Crippen molar-refractivity contribution >= 4 is 17.8 Å². The first kappa shape index (κ1) is 21.2. The zero-order valence-corrected chi connectivity index (χ0v) is 16.3. The second-order valence-corrected chi connectivity index (χ2v) is 7.10. The van der Waals surface area contributed by atoms with Crippen LogP contribution in [-0.2, 0) is 9.59 Å². The second-order valence-electron chi connectivity index (χ2n) is 7.10. The highest BCUT2D eigenvalue weighted by molar-refractivity contribution is 5.95. The molecule has 1 fully saturated rings. The minimum Gasteiger partial charge on any atom is -0.481 e. The number of rotatable bonds is 9. The number of amides is 1. The number of aromatic nitrogens is 2. The maximum atomic E-state index is 12.7. The lowest BCUT2D eigenvalue weighted by Crippen LogP contribution is -2.41. The van der Waals surface area contributed by atoms with Gasteiger partial charge in [0.15, 0.2) is 5.82 Å². The molecule has 1 aliphatic carbocycles. The van der Waals surface area contributed by atoms with Gasteiger partial charge in [-0.2, -0.15) is 4.98 Å². The molecule has 3 rings (SSSR count). The number of carbonyl (C=O) groups is 3. The van der Waals surface area contributed by atoms with Crippen molar-refractivity contribution in [3.8, 4) is 17.3 Å². The normalized spacial score (nSPS) is 14.8. The molecule has 1 saturated carbocycles. The van der Waals surface area contributed by atoms with Crippen LogP contribution in [0.1, 0.15) is 49.0 Å². The first-order valence-electron chi connectivity index (χ1n) is 9.79. The van der Waals surface area contributed by atoms with Crippen molar-refractivity contribution in [1.29, 1.82) is 0 Å². The van der Waals surface area contributed by atoms with Gasteiger partial charge in [-0.05, 0) is 32.1 Å². The monoisotopic (exact) mass is 413 g/mol. The smallest absolute Gasteiger partial charge is 0.326 e. The van der Waals surface area contributed by atoms with Gasteiger partial charge in [-0.3, -0.25) is 9.59 Å². The van der Waals surface area contributed by atoms with Gasteiger partial charge in [-0.1, -0.05) is 30.3 Å². The van der Waals surface area contributed by atoms with Crippen LogP contribution in [0.2, 0.25) is 0 Å². The fourth-order valence-corrected chi connectivity index (χ4v) is 3.25. The zero-order valence-electron chi connectivity index (χ0n) is 16.3. The van der Waals surface area contributed by atoms with E-state index >= 15 is 0 Å². The molecule has 1 aliphatic rings. The summed E-state index contributed by atoms with van der Waals surface area (Å²) >= 11 is 0. The number of hydrogen-bond acceptors (Lipinski definition) is 6. The van der Waals surface area contributed by atoms with Crippen molar-refractivity contribution in [1.82, 2.24) is 15.3 Å². The highest BCUT2D eigenvalue weighted by Gasteiger charge is 2.24. The molecular formula is C21H23N3O6. The van der Waals surface area contributed by atoms with Crippen molar-refractivity contribution < 1.29 is 29.3 Å². The average Bonchev–Trinajstić information content (AvgIpc) is 3.24. The molecule has 1 unspecified atom stereocenters. The van der Waals surface area contributed by atoms with Crippen LogP contribution in [0.15, 0.2) is 36.4 Å². The van der Waals surface area contributed by atoms with Crippen molar-refractivity contribution in [2.75, 3.05) is 0 Å². The summed E-state index contributed by atoms with van der Waals surface area (Å²) in [4.78, 5) is 43.5. The molecule has 0 saturated heterocycles. The molecule has 9 heteroatoms. The van der Waals surface area contributed by atoms with Crippen LogP contribution in [0.4, 0.5) is 0 Å². The Kier molecular flexibility index (Phi) is 6.95. The molecular weight excluding hydrogens is 390 g/mol. The van der Waals surface area contributed by atoms with Gasteiger partial charge in [-0.15, -0.1) is 0 Å². The van der Waals surface area contributed by atoms with Crippen molar-refractivity contribution in [2.45, 2.75) is 50.7 Å². The molecule has 2 aromatic rings. The van der Waals surface area contributed by atoms with Crippen LogP contribution in [0.25, 0.3) is 11.4 Å². The van der Waals surface area contributed by atoms with E-state index in [0.717, 1.165) is 25.7 Å². The summed E-state index contributed by atoms with van der Waals surface area (Å²) in [5, 5.41) is 20.4. The van der Waals surface area contributed by atoms with Gasteiger partial charge >= 0.3 is 11.9 Å². The largest absolute Gasteiger partial charge is 0.481 e. The molecule has 3 N–H and O–H groups in total. The molecule has 1 amide bonds. The quantitative estimate of drug-likeness (QED) is 0.570. The van der Waals surface area contributed by atoms with Crippen LogP contribution in [0.5, 0.6) is 5.88 Å². The molecule has 1 atom stereocenters. The first-order chi connectivity index (χ1) is 14.4. The van der Waals surface area contributed by atoms with Crippen LogP contribution in [0.3, 0.4) is 0 Å². The van der Waals surface area contributed by atoms with E-state index in [1.165, 1.54) is 6.07 Å². The number of hydrogen-bond donors (Lipinski definition) is 3. The summed E-state index contributed by atoms with van der Waals surface area (Å²) in [6.45, 7) is 0. The lowest BCUT2D eigenvalue weighted by atomic mass is 10.1. The predicted molar refractivity (Wildman–Crippen MR) is 106 cm³/mol. The molecule has 0 aliphatic heterocycles. The van der Waals surface area contributed by atoms with E-state index in [1.807, 2.05) is 18.2 Å². The first-order valence-corrected chi connectivity index (χ1v) is 9.79. The Morgan fingerprint density at radius 2 is 1.80 bits per heavy atom. The minimum atomic E-state index is -1.34. The van der Waals surface area contributed by atoms with Crippen molar-refractivity contribution in [3.05, 3.63) is 42.1 Å². The molecule has 30 heavy (non-hydrogen) atoms. The van der Waals surface area contributed by atoms with E-state index in [2.05, 4.69) is 15.3 Å². The molecule has 0 bridgehead atoms. The van der Waals surface area contributed by atoms with E-state index in [4.69, 9.17) is 9.84 Å². The van der Waals surface area contributed by atoms with E-state index in [9.17, 15) is 19.5 Å². The summed E-state index contributed by atoms with van der Waals surface area (Å²) in [5.74, 6) is -2.66. The fraction of sp³-hybridized carbons (Fsp3) is 0.381. The van der Waals surface area contributed by atoms with E-state index in [0.29, 0.717) is 5.56 Å². The van der Waals surface area contributed by atoms with Crippen molar-refractivity contribution in [2.24, 2.45) is 0 Å². The molecule has 0 radical (unpaired) electrons. The SMILES string of the molecule is O=C(O)CCC(NC(=O)c1cc(OC2CCCC2)nc(-c2ccccc2)n1)C(=O)O. The van der Waals surface area contributed by atoms with Gasteiger partial charge in [-0.25, -0.2) is 9.78 Å². The van der Waals surface area contributed by atoms with Gasteiger partial charge in [0, 0.05) is 18.1 Å². The number of carboxylic acids is 2. The highest BCUT2D eigenvalue weighted by Crippen LogP contribution is 2.25. The Balaban J connectivity index is 1.86. The van der Waals surface area contributed by atoms with Crippen LogP contribution in [0, 0.1) is 0 Å². The number of ether oxygens (including phenoxy) is 1. The van der Waals surface area contributed by atoms with Gasteiger partial charge in [0.05, 0.1) is 0 Å². The van der Waals surface area contributed by atoms with E-state index in [1.54, 1.807) is 12.1 Å². The Morgan fingerprint density at radius 3 is 2.43 bits per heavy atom. The maximum Gasteiger partial charge on any atom is 0.326 e. The zero-order chi connectivity index (χ0) is 21.5. The summed E-state index contributed by atoms with van der Waals surface area (Å²) in [6.07, 6.45) is 3.34. The Labute approximate surface area is 173 Å². The topological polar surface area (TPSA) is 139 Å². The van der Waals surface area contributed by atoms with E-state index < -0.39 is 23.9 Å². The summed E-state index contributed by atoms with van der Waals surface area (Å²) in [5.41, 5.74) is 0.641. The summed E-state index contributed by atoms with van der Waals surface area (Å²) in [6, 6.07) is 9.10. The second kappa shape index (κ2) is 9.82. The molecule has 158 valence electrons. The fourth-order valence-electron chi connectivity index (χ4n) is 3.25. The van der Waals surface area contributed by atoms with Crippen LogP contribution < -0.4 is 10.1 Å². The van der Waals surface area contributed by atoms with Gasteiger partial charge < -0.3 is 20.3 Å². The van der Waals surface area contributed by atoms with Gasteiger partial charge in [0.25, 0.3) is 5.91 Å². The van der Waals surface area contributed by atoms with Gasteiger partial charge in [0.1, 0.15) is 17.8 Å². The summed E-state index contributed by atoms with van der Waals surface area (Å²) in [7, 11) is 0. The third-order valence-corrected chi connectivity index (χ3v) is 4.81. The summed E-state index contributed by atoms with van der Waals surface area (Å²) < 4.78 is 5.93. The highest BCUT2D eigenvalue weighted by atomic mass is 16.5. The lowest BCUT2D eigenvalue weighted by molar-refractivity contribution is -0.140. The average molecular weight is 413 g/mol. The van der Waals surface area contributed by atoms with Crippen LogP contribution in [-0.4, -0.2) is 50.2 Å². The molecule has 0 spiro atoms. The standard InChI is InChI=1S/C21H23N3O6/c25-18(26)11-10-15(21(28)29)23-20(27)16-12-17(30-14-8-4-5-9-14)24-19(22-16)13-6-2-1-3-7-13/h1-3,6-7,12,14-15H,4-5,8-11H2,(H,23,27)(H,25,26)(H,28,29). The van der Waals surface area contributed by atoms with Gasteiger partial charge in [0.2, 0.25) is 5.88 Å². The Morgan fingerprint density at radius 1 is 1.10 bits per heavy atom. The number of benzene rings is 1. The molecule has 1 aromatic heterocycles. The number of nitrogens with one attached hydrogen (secondary N) is 1. The number of carbonyl (C=O) groups excluding carboxylic acids is 1. The van der Waals surface area contributed by atoms with E-state index in [-0.39, 0.29) is 36.3 Å². The predicted octanol–water partition coefficient (Wildman–Crippen LogP) is 2.51. The third-order valence-electron chi connectivity index (χ3n) is 4.81. The molecule has 1 aromatic carbocycles. The number of nitrogens with zero attached hydrogens (tertiary/aromatic N) is 2.